The summed E-state index contributed by atoms with van der Waals surface area (Å²) < 4.78 is 0. The van der Waals surface area contributed by atoms with Gasteiger partial charge in [-0.2, -0.15) is 0 Å². The van der Waals surface area contributed by atoms with Crippen molar-refractivity contribution in [3.8, 4) is 0 Å². The smallest absolute Gasteiger partial charge is 0.323 e. The van der Waals surface area contributed by atoms with Gasteiger partial charge in [0.25, 0.3) is 0 Å². The third kappa shape index (κ3) is 1.23. The van der Waals surface area contributed by atoms with E-state index in [1.54, 1.807) is 7.05 Å². The molecule has 0 spiro atoms. The zero-order valence-corrected chi connectivity index (χ0v) is 7.45. The van der Waals surface area contributed by atoms with Crippen molar-refractivity contribution in [3.63, 3.8) is 0 Å². The monoisotopic (exact) mass is 180 g/mol. The van der Waals surface area contributed by atoms with Crippen LogP contribution >= 0.6 is 0 Å². The predicted octanol–water partition coefficient (Wildman–Crippen LogP) is 0.564. The van der Waals surface area contributed by atoms with E-state index in [-0.39, 0.29) is 6.03 Å². The molecular formula is C9H12N2O2. The fraction of sp³-hybridized carbons (Fsp3) is 0.444. The fourth-order valence-corrected chi connectivity index (χ4v) is 1.60. The zero-order chi connectivity index (χ0) is 9.42. The summed E-state index contributed by atoms with van der Waals surface area (Å²) in [6, 6.07) is -0.235. The van der Waals surface area contributed by atoms with Crippen molar-refractivity contribution in [1.29, 1.82) is 0 Å². The molecule has 2 rings (SSSR count). The number of hydrogen-bond donors (Lipinski definition) is 2. The minimum atomic E-state index is -0.791. The van der Waals surface area contributed by atoms with Gasteiger partial charge in [0.1, 0.15) is 0 Å². The molecule has 0 fully saturated rings. The van der Waals surface area contributed by atoms with Crippen molar-refractivity contribution < 1.29 is 9.90 Å². The lowest BCUT2D eigenvalue weighted by Gasteiger charge is -2.33. The first-order valence-corrected chi connectivity index (χ1v) is 4.31. The standard InChI is InChI=1S/C9H12N2O2/c1-11-8(12)6-4-2-3-5-7(6)10-9(11)13/h2,4,8,12H,3,5H2,1H3,(H,10,13). The van der Waals surface area contributed by atoms with E-state index in [0.29, 0.717) is 0 Å². The molecule has 0 aromatic rings. The molecule has 13 heavy (non-hydrogen) atoms. The number of rotatable bonds is 0. The Balaban J connectivity index is 2.36. The number of aliphatic hydroxyl groups is 1. The molecule has 0 saturated carbocycles. The van der Waals surface area contributed by atoms with Gasteiger partial charge in [-0.25, -0.2) is 4.79 Å². The van der Waals surface area contributed by atoms with Crippen LogP contribution in [-0.4, -0.2) is 29.3 Å². The molecule has 4 nitrogen and oxygen atoms in total. The molecule has 0 aromatic carbocycles. The third-order valence-corrected chi connectivity index (χ3v) is 2.43. The van der Waals surface area contributed by atoms with Crippen molar-refractivity contribution in [2.24, 2.45) is 0 Å². The lowest BCUT2D eigenvalue weighted by Crippen LogP contribution is -2.49. The predicted molar refractivity (Wildman–Crippen MR) is 47.7 cm³/mol. The number of nitrogens with zero attached hydrogens (tertiary/aromatic N) is 1. The molecule has 0 aromatic heterocycles. The highest BCUT2D eigenvalue weighted by Crippen LogP contribution is 2.24. The van der Waals surface area contributed by atoms with E-state index >= 15 is 0 Å². The summed E-state index contributed by atoms with van der Waals surface area (Å²) in [6.45, 7) is 0. The number of carbonyl (C=O) groups is 1. The molecule has 2 N–H and O–H groups in total. The van der Waals surface area contributed by atoms with Gasteiger partial charge in [-0.15, -0.1) is 0 Å². The Bertz CT molecular complexity index is 307. The second kappa shape index (κ2) is 2.88. The Morgan fingerprint density at radius 1 is 1.69 bits per heavy atom. The van der Waals surface area contributed by atoms with Crippen LogP contribution in [0.25, 0.3) is 0 Å². The number of allylic oxidation sites excluding steroid dienone is 2. The van der Waals surface area contributed by atoms with Gasteiger partial charge in [-0.3, -0.25) is 4.90 Å². The Morgan fingerprint density at radius 2 is 2.46 bits per heavy atom. The van der Waals surface area contributed by atoms with Crippen molar-refractivity contribution >= 4 is 6.03 Å². The Morgan fingerprint density at radius 3 is 3.23 bits per heavy atom. The first-order chi connectivity index (χ1) is 6.20. The SMILES string of the molecule is CN1C(=O)NC2=C(C=CCC2)C1O. The van der Waals surface area contributed by atoms with E-state index in [1.807, 2.05) is 12.2 Å². The Hall–Kier alpha value is -1.29. The van der Waals surface area contributed by atoms with Crippen LogP contribution in [0.1, 0.15) is 12.8 Å². The summed E-state index contributed by atoms with van der Waals surface area (Å²) in [5, 5.41) is 12.5. The van der Waals surface area contributed by atoms with Crippen LogP contribution in [0.2, 0.25) is 0 Å². The maximum atomic E-state index is 11.3. The minimum absolute atomic E-state index is 0.235. The highest BCUT2D eigenvalue weighted by Gasteiger charge is 2.29. The van der Waals surface area contributed by atoms with Crippen molar-refractivity contribution in [2.45, 2.75) is 19.1 Å². The van der Waals surface area contributed by atoms with Crippen molar-refractivity contribution in [1.82, 2.24) is 10.2 Å². The lowest BCUT2D eigenvalue weighted by molar-refractivity contribution is 0.0704. The molecule has 0 saturated heterocycles. The third-order valence-electron chi connectivity index (χ3n) is 2.43. The Kier molecular flexibility index (Phi) is 1.84. The lowest BCUT2D eigenvalue weighted by atomic mass is 10.00. The molecule has 1 unspecified atom stereocenters. The van der Waals surface area contributed by atoms with E-state index in [4.69, 9.17) is 0 Å². The van der Waals surface area contributed by atoms with Crippen LogP contribution in [0.3, 0.4) is 0 Å². The van der Waals surface area contributed by atoms with Crippen LogP contribution < -0.4 is 5.32 Å². The normalized spacial score (nSPS) is 27.4. The number of nitrogens with one attached hydrogen (secondary N) is 1. The number of likely N-dealkylation sites (N-methyl/N-ethyl adjacent to an activating group) is 1. The molecule has 0 bridgehead atoms. The van der Waals surface area contributed by atoms with Gasteiger partial charge < -0.3 is 10.4 Å². The van der Waals surface area contributed by atoms with Crippen LogP contribution in [0, 0.1) is 0 Å². The van der Waals surface area contributed by atoms with Gasteiger partial charge >= 0.3 is 6.03 Å². The van der Waals surface area contributed by atoms with Gasteiger partial charge in [0.05, 0.1) is 0 Å². The maximum absolute atomic E-state index is 11.3. The van der Waals surface area contributed by atoms with Gasteiger partial charge in [0, 0.05) is 18.3 Å². The molecular weight excluding hydrogens is 168 g/mol. The van der Waals surface area contributed by atoms with Gasteiger partial charge in [0.2, 0.25) is 0 Å². The molecule has 4 heteroatoms. The van der Waals surface area contributed by atoms with Gasteiger partial charge in [-0.1, -0.05) is 12.2 Å². The quantitative estimate of drug-likeness (QED) is 0.572. The molecule has 2 amide bonds. The first-order valence-electron chi connectivity index (χ1n) is 4.31. The molecule has 1 aliphatic heterocycles. The largest absolute Gasteiger partial charge is 0.369 e. The van der Waals surface area contributed by atoms with Crippen LogP contribution in [-0.2, 0) is 0 Å². The molecule has 1 aliphatic carbocycles. The van der Waals surface area contributed by atoms with Crippen molar-refractivity contribution in [2.75, 3.05) is 7.05 Å². The van der Waals surface area contributed by atoms with E-state index in [9.17, 15) is 9.90 Å². The summed E-state index contributed by atoms with van der Waals surface area (Å²) >= 11 is 0. The zero-order valence-electron chi connectivity index (χ0n) is 7.45. The topological polar surface area (TPSA) is 52.6 Å². The Labute approximate surface area is 76.5 Å². The van der Waals surface area contributed by atoms with Crippen LogP contribution in [0.5, 0.6) is 0 Å². The van der Waals surface area contributed by atoms with E-state index in [1.165, 1.54) is 4.90 Å². The van der Waals surface area contributed by atoms with Crippen LogP contribution in [0.4, 0.5) is 4.79 Å². The minimum Gasteiger partial charge on any atom is -0.369 e. The number of aliphatic hydroxyl groups excluding tert-OH is 1. The first kappa shape index (κ1) is 8.31. The van der Waals surface area contributed by atoms with E-state index in [2.05, 4.69) is 5.32 Å². The van der Waals surface area contributed by atoms with Gasteiger partial charge in [0.15, 0.2) is 6.23 Å². The number of hydrogen-bond acceptors (Lipinski definition) is 2. The summed E-state index contributed by atoms with van der Waals surface area (Å²) in [7, 11) is 1.58. The molecule has 0 radical (unpaired) electrons. The number of urea groups is 1. The maximum Gasteiger partial charge on any atom is 0.323 e. The highest BCUT2D eigenvalue weighted by atomic mass is 16.3. The molecule has 1 heterocycles. The summed E-state index contributed by atoms with van der Waals surface area (Å²) in [5.41, 5.74) is 1.67. The molecule has 1 atom stereocenters. The summed E-state index contributed by atoms with van der Waals surface area (Å²) in [4.78, 5) is 12.5. The summed E-state index contributed by atoms with van der Waals surface area (Å²) in [5.74, 6) is 0. The van der Waals surface area contributed by atoms with Gasteiger partial charge in [-0.05, 0) is 12.8 Å². The van der Waals surface area contributed by atoms with Crippen molar-refractivity contribution in [3.05, 3.63) is 23.4 Å². The average Bonchev–Trinajstić information content (AvgIpc) is 2.15. The second-order valence-corrected chi connectivity index (χ2v) is 3.29. The highest BCUT2D eigenvalue weighted by molar-refractivity contribution is 5.78. The van der Waals surface area contributed by atoms with E-state index in [0.717, 1.165) is 24.1 Å². The number of amides is 2. The van der Waals surface area contributed by atoms with E-state index < -0.39 is 6.23 Å². The van der Waals surface area contributed by atoms with Crippen LogP contribution in [0.15, 0.2) is 23.4 Å². The summed E-state index contributed by atoms with van der Waals surface area (Å²) in [6.07, 6.45) is 4.82. The number of carbonyl (C=O) groups excluding carboxylic acids is 1. The average molecular weight is 180 g/mol. The molecule has 2 aliphatic rings. The fourth-order valence-electron chi connectivity index (χ4n) is 1.60. The second-order valence-electron chi connectivity index (χ2n) is 3.29. The molecule has 70 valence electrons.